The monoisotopic (exact) mass is 642 g/mol. The average Bonchev–Trinajstić information content (AvgIpc) is 3.19. The quantitative estimate of drug-likeness (QED) is 0.307. The molecule has 2 aromatic carbocycles. The molecule has 44 heavy (non-hydrogen) atoms. The van der Waals surface area contributed by atoms with Gasteiger partial charge in [0.05, 0.1) is 12.5 Å². The number of carboxylic acids is 1. The maximum atomic E-state index is 14.6. The van der Waals surface area contributed by atoms with Gasteiger partial charge in [0.2, 0.25) is 0 Å². The molecule has 1 unspecified atom stereocenters. The van der Waals surface area contributed by atoms with E-state index in [1.54, 1.807) is 30.3 Å². The van der Waals surface area contributed by atoms with Gasteiger partial charge in [-0.3, -0.25) is 24.3 Å². The van der Waals surface area contributed by atoms with Gasteiger partial charge in [-0.15, -0.1) is 0 Å². The molecule has 1 spiro atoms. The Kier molecular flexibility index (Phi) is 10.2. The van der Waals surface area contributed by atoms with Gasteiger partial charge in [0.15, 0.2) is 0 Å². The van der Waals surface area contributed by atoms with E-state index >= 15 is 0 Å². The summed E-state index contributed by atoms with van der Waals surface area (Å²) in [6.07, 6.45) is 2.79. The lowest BCUT2D eigenvalue weighted by Gasteiger charge is -2.49. The van der Waals surface area contributed by atoms with Gasteiger partial charge in [-0.05, 0) is 74.9 Å². The van der Waals surface area contributed by atoms with Gasteiger partial charge in [-0.25, -0.2) is 0 Å². The predicted octanol–water partition coefficient (Wildman–Crippen LogP) is 6.99. The van der Waals surface area contributed by atoms with E-state index in [1.807, 2.05) is 17.0 Å². The van der Waals surface area contributed by atoms with Crippen LogP contribution in [0.5, 0.6) is 0 Å². The van der Waals surface area contributed by atoms with Crippen molar-refractivity contribution in [1.29, 1.82) is 0 Å². The second kappa shape index (κ2) is 13.2. The summed E-state index contributed by atoms with van der Waals surface area (Å²) in [4.78, 5) is 47.7. The van der Waals surface area contributed by atoms with Crippen LogP contribution in [0.15, 0.2) is 47.5 Å². The number of carbonyl (C=O) groups is 3. The minimum atomic E-state index is -0.971. The number of rotatable bonds is 9. The smallest absolute Gasteiger partial charge is 0.305 e. The molecule has 2 aliphatic heterocycles. The number of aliphatic imine (C=N–C) groups is 1. The molecule has 8 nitrogen and oxygen atoms in total. The van der Waals surface area contributed by atoms with Gasteiger partial charge in [0, 0.05) is 59.2 Å². The van der Waals surface area contributed by atoms with Crippen LogP contribution in [-0.2, 0) is 9.59 Å². The Morgan fingerprint density at radius 2 is 1.59 bits per heavy atom. The number of likely N-dealkylation sites (tertiary alicyclic amines) is 1. The molecule has 238 valence electrons. The first-order valence-corrected chi connectivity index (χ1v) is 16.0. The van der Waals surface area contributed by atoms with E-state index in [0.717, 1.165) is 25.1 Å². The van der Waals surface area contributed by atoms with E-state index in [2.05, 4.69) is 51.8 Å². The molecule has 4 rings (SSSR count). The van der Waals surface area contributed by atoms with Gasteiger partial charge in [-0.2, -0.15) is 0 Å². The zero-order valence-corrected chi connectivity index (χ0v) is 28.1. The highest BCUT2D eigenvalue weighted by molar-refractivity contribution is 6.47. The molecule has 0 aliphatic carbocycles. The summed E-state index contributed by atoms with van der Waals surface area (Å²) in [7, 11) is 0. The van der Waals surface area contributed by atoms with Crippen molar-refractivity contribution in [3.05, 3.63) is 69.2 Å². The fraction of sp³-hybridized carbons (Fsp3) is 0.529. The number of nitrogens with zero attached hydrogens (tertiary/aromatic N) is 3. The molecule has 1 fully saturated rings. The van der Waals surface area contributed by atoms with E-state index in [-0.39, 0.29) is 41.8 Å². The third-order valence-electron chi connectivity index (χ3n) is 8.50. The number of carboxylic acid groups (broad SMARTS) is 1. The molecule has 1 atom stereocenters. The topological polar surface area (TPSA) is 102 Å². The third-order valence-corrected chi connectivity index (χ3v) is 8.94. The number of aliphatic carboxylic acids is 1. The largest absolute Gasteiger partial charge is 0.481 e. The highest BCUT2D eigenvalue weighted by Gasteiger charge is 2.52. The Bertz CT molecular complexity index is 1400. The summed E-state index contributed by atoms with van der Waals surface area (Å²) in [5.74, 6) is -1.46. The third kappa shape index (κ3) is 8.01. The number of benzene rings is 2. The van der Waals surface area contributed by atoms with E-state index in [0.29, 0.717) is 46.1 Å². The average molecular weight is 644 g/mol. The highest BCUT2D eigenvalue weighted by atomic mass is 35.5. The first kappa shape index (κ1) is 33.9. The molecule has 1 saturated heterocycles. The number of piperidine rings is 1. The molecular formula is C34H44Cl2N4O4. The van der Waals surface area contributed by atoms with Crippen molar-refractivity contribution in [2.24, 2.45) is 10.4 Å². The Labute approximate surface area is 270 Å². The Morgan fingerprint density at radius 3 is 2.11 bits per heavy atom. The van der Waals surface area contributed by atoms with Crippen LogP contribution in [0.1, 0.15) is 101 Å². The van der Waals surface area contributed by atoms with Gasteiger partial charge < -0.3 is 15.3 Å². The zero-order chi connectivity index (χ0) is 32.4. The number of nitrogens with one attached hydrogen (secondary N) is 1. The molecule has 0 aromatic heterocycles. The van der Waals surface area contributed by atoms with Crippen molar-refractivity contribution >= 4 is 46.7 Å². The maximum absolute atomic E-state index is 14.6. The Balaban J connectivity index is 1.74. The van der Waals surface area contributed by atoms with Crippen LogP contribution in [-0.4, -0.2) is 69.2 Å². The zero-order valence-electron chi connectivity index (χ0n) is 26.5. The van der Waals surface area contributed by atoms with Gasteiger partial charge in [0.1, 0.15) is 11.4 Å². The molecule has 2 aliphatic rings. The lowest BCUT2D eigenvalue weighted by atomic mass is 9.84. The fourth-order valence-corrected chi connectivity index (χ4v) is 6.59. The Morgan fingerprint density at radius 1 is 1.00 bits per heavy atom. The molecule has 2 N–H and O–H groups in total. The van der Waals surface area contributed by atoms with Gasteiger partial charge in [0.25, 0.3) is 11.8 Å². The lowest BCUT2D eigenvalue weighted by Crippen LogP contribution is -2.57. The van der Waals surface area contributed by atoms with Crippen molar-refractivity contribution in [3.8, 4) is 0 Å². The SMILES string of the molecule is CC(C)(C)CCC(c1ccc(C(=O)NCCC(=O)O)cc1)N1C(=O)C(c2cc(Cl)cc(Cl)c2)=NC12CCN(C(C)(C)C)CC2. The van der Waals surface area contributed by atoms with E-state index < -0.39 is 11.6 Å². The summed E-state index contributed by atoms with van der Waals surface area (Å²) in [6.45, 7) is 14.8. The van der Waals surface area contributed by atoms with Crippen LogP contribution in [0.25, 0.3) is 0 Å². The van der Waals surface area contributed by atoms with Crippen molar-refractivity contribution in [3.63, 3.8) is 0 Å². The Hall–Kier alpha value is -2.94. The first-order chi connectivity index (χ1) is 20.5. The van der Waals surface area contributed by atoms with Gasteiger partial charge in [-0.1, -0.05) is 56.1 Å². The second-order valence-corrected chi connectivity index (χ2v) is 14.9. The van der Waals surface area contributed by atoms with Crippen LogP contribution >= 0.6 is 23.2 Å². The standard InChI is InChI=1S/C34H44Cl2N4O4/c1-32(2,3)13-11-27(22-7-9-23(10-8-22)30(43)37-16-12-28(41)42)40-31(44)29(24-19-25(35)21-26(36)20-24)38-34(40)14-17-39(18-15-34)33(4,5)6/h7-10,19-21,27H,11-18H2,1-6H3,(H,37,43)(H,41,42). The molecule has 0 radical (unpaired) electrons. The van der Waals surface area contributed by atoms with Crippen LogP contribution < -0.4 is 5.32 Å². The van der Waals surface area contributed by atoms with Gasteiger partial charge >= 0.3 is 5.97 Å². The minimum Gasteiger partial charge on any atom is -0.481 e. The molecule has 0 bridgehead atoms. The summed E-state index contributed by atoms with van der Waals surface area (Å²) >= 11 is 12.7. The van der Waals surface area contributed by atoms with E-state index in [4.69, 9.17) is 33.3 Å². The molecule has 2 heterocycles. The molecule has 0 saturated carbocycles. The summed E-state index contributed by atoms with van der Waals surface area (Å²) < 4.78 is 0. The second-order valence-electron chi connectivity index (χ2n) is 14.1. The van der Waals surface area contributed by atoms with Crippen LogP contribution in [0.3, 0.4) is 0 Å². The number of amides is 2. The number of carbonyl (C=O) groups excluding carboxylic acids is 2. The molecule has 2 aromatic rings. The first-order valence-electron chi connectivity index (χ1n) is 15.2. The lowest BCUT2D eigenvalue weighted by molar-refractivity contribution is -0.137. The van der Waals surface area contributed by atoms with Crippen LogP contribution in [0.2, 0.25) is 10.0 Å². The maximum Gasteiger partial charge on any atom is 0.305 e. The molecule has 10 heteroatoms. The predicted molar refractivity (Wildman–Crippen MR) is 176 cm³/mol. The number of hydrogen-bond donors (Lipinski definition) is 2. The van der Waals surface area contributed by atoms with E-state index in [9.17, 15) is 14.4 Å². The normalized spacial score (nSPS) is 18.0. The fourth-order valence-electron chi connectivity index (χ4n) is 6.07. The van der Waals surface area contributed by atoms with Crippen molar-refractivity contribution in [2.45, 2.75) is 90.9 Å². The van der Waals surface area contributed by atoms with E-state index in [1.165, 1.54) is 0 Å². The van der Waals surface area contributed by atoms with Crippen molar-refractivity contribution in [1.82, 2.24) is 15.1 Å². The summed E-state index contributed by atoms with van der Waals surface area (Å²) in [5, 5.41) is 12.4. The summed E-state index contributed by atoms with van der Waals surface area (Å²) in [5.41, 5.74) is 1.61. The molecular weight excluding hydrogens is 599 g/mol. The highest BCUT2D eigenvalue weighted by Crippen LogP contribution is 2.45. The summed E-state index contributed by atoms with van der Waals surface area (Å²) in [6, 6.07) is 12.1. The number of hydrogen-bond acceptors (Lipinski definition) is 5. The molecule has 2 amide bonds. The van der Waals surface area contributed by atoms with Crippen molar-refractivity contribution in [2.75, 3.05) is 19.6 Å². The number of halogens is 2. The van der Waals surface area contributed by atoms with Crippen LogP contribution in [0.4, 0.5) is 0 Å². The van der Waals surface area contributed by atoms with Crippen molar-refractivity contribution < 1.29 is 19.5 Å². The van der Waals surface area contributed by atoms with Crippen LogP contribution in [0, 0.1) is 5.41 Å². The minimum absolute atomic E-state index is 0.00537.